The van der Waals surface area contributed by atoms with Gasteiger partial charge >= 0.3 is 0 Å². The zero-order valence-electron chi connectivity index (χ0n) is 12.6. The Kier molecular flexibility index (Phi) is 2.50. The lowest BCUT2D eigenvalue weighted by atomic mass is 9.78. The van der Waals surface area contributed by atoms with Gasteiger partial charge in [0.1, 0.15) is 0 Å². The maximum absolute atomic E-state index is 5.53. The van der Waals surface area contributed by atoms with Gasteiger partial charge in [-0.1, -0.05) is 6.42 Å². The minimum absolute atomic E-state index is 0.361. The van der Waals surface area contributed by atoms with E-state index in [0.29, 0.717) is 6.79 Å². The molecule has 1 aromatic carbocycles. The maximum Gasteiger partial charge on any atom is 0.231 e. The Balaban J connectivity index is 1.41. The van der Waals surface area contributed by atoms with E-state index < -0.39 is 0 Å². The van der Waals surface area contributed by atoms with Gasteiger partial charge in [0, 0.05) is 24.8 Å². The number of hydrogen-bond acceptors (Lipinski definition) is 3. The summed E-state index contributed by atoms with van der Waals surface area (Å²) in [5.74, 6) is 5.81. The highest BCUT2D eigenvalue weighted by molar-refractivity contribution is 5.57. The zero-order chi connectivity index (χ0) is 14.0. The van der Waals surface area contributed by atoms with Gasteiger partial charge < -0.3 is 14.4 Å². The van der Waals surface area contributed by atoms with Gasteiger partial charge in [0.15, 0.2) is 11.5 Å². The molecule has 0 radical (unpaired) electrons. The number of fused-ring (bicyclic) bond motifs is 6. The fourth-order valence-electron chi connectivity index (χ4n) is 5.77. The van der Waals surface area contributed by atoms with Crippen molar-refractivity contribution < 1.29 is 9.47 Å². The van der Waals surface area contributed by atoms with Crippen LogP contribution in [0, 0.1) is 23.7 Å². The van der Waals surface area contributed by atoms with Crippen molar-refractivity contribution >= 4 is 5.69 Å². The second-order valence-electron chi connectivity index (χ2n) is 7.37. The Morgan fingerprint density at radius 3 is 2.81 bits per heavy atom. The molecule has 3 fully saturated rings. The van der Waals surface area contributed by atoms with E-state index in [1.54, 1.807) is 0 Å². The molecule has 0 spiro atoms. The first-order chi connectivity index (χ1) is 10.3. The third-order valence-electron chi connectivity index (χ3n) is 6.65. The van der Waals surface area contributed by atoms with Crippen molar-refractivity contribution in [2.45, 2.75) is 38.1 Å². The molecule has 3 heteroatoms. The smallest absolute Gasteiger partial charge is 0.231 e. The molecule has 0 amide bonds. The average molecular weight is 285 g/mol. The fourth-order valence-corrected chi connectivity index (χ4v) is 5.77. The Morgan fingerprint density at radius 2 is 1.86 bits per heavy atom. The predicted octanol–water partition coefficient (Wildman–Crippen LogP) is 3.68. The fraction of sp³-hybridized carbons (Fsp3) is 0.667. The quantitative estimate of drug-likeness (QED) is 0.827. The van der Waals surface area contributed by atoms with Crippen molar-refractivity contribution in [2.24, 2.45) is 23.7 Å². The Morgan fingerprint density at radius 1 is 1.00 bits per heavy atom. The Labute approximate surface area is 126 Å². The lowest BCUT2D eigenvalue weighted by Crippen LogP contribution is -2.40. The van der Waals surface area contributed by atoms with E-state index in [-0.39, 0.29) is 0 Å². The molecule has 112 valence electrons. The topological polar surface area (TPSA) is 21.7 Å². The normalized spacial score (nSPS) is 38.8. The molecule has 0 aromatic heterocycles. The number of nitrogens with zero attached hydrogens (tertiary/aromatic N) is 1. The average Bonchev–Trinajstić information content (AvgIpc) is 3.24. The number of ether oxygens (including phenoxy) is 2. The molecule has 0 saturated heterocycles. The summed E-state index contributed by atoms with van der Waals surface area (Å²) in [7, 11) is 2.27. The van der Waals surface area contributed by atoms with Crippen molar-refractivity contribution in [2.75, 3.05) is 18.7 Å². The Hall–Kier alpha value is -1.38. The number of anilines is 1. The molecule has 5 unspecified atom stereocenters. The van der Waals surface area contributed by atoms with Crippen LogP contribution in [0.15, 0.2) is 18.2 Å². The first-order valence-corrected chi connectivity index (χ1v) is 8.44. The van der Waals surface area contributed by atoms with E-state index in [2.05, 4.69) is 30.1 Å². The van der Waals surface area contributed by atoms with Gasteiger partial charge in [-0.15, -0.1) is 0 Å². The molecule has 3 saturated carbocycles. The number of hydrogen-bond donors (Lipinski definition) is 0. The third-order valence-corrected chi connectivity index (χ3v) is 6.65. The SMILES string of the molecule is CN(c1ccc2c(c1)OCO2)C1CC2CC1C1CCCC21. The summed E-state index contributed by atoms with van der Waals surface area (Å²) in [6.07, 6.45) is 7.35. The minimum Gasteiger partial charge on any atom is -0.454 e. The van der Waals surface area contributed by atoms with E-state index in [1.165, 1.54) is 37.8 Å². The predicted molar refractivity (Wildman–Crippen MR) is 81.8 cm³/mol. The summed E-state index contributed by atoms with van der Waals surface area (Å²) in [6.45, 7) is 0.361. The van der Waals surface area contributed by atoms with E-state index >= 15 is 0 Å². The highest BCUT2D eigenvalue weighted by Gasteiger charge is 2.54. The third kappa shape index (κ3) is 1.66. The van der Waals surface area contributed by atoms with E-state index in [4.69, 9.17) is 9.47 Å². The molecular weight excluding hydrogens is 262 g/mol. The Bertz CT molecular complexity index is 572. The highest BCUT2D eigenvalue weighted by Crippen LogP contribution is 2.60. The van der Waals surface area contributed by atoms with Crippen LogP contribution < -0.4 is 14.4 Å². The van der Waals surface area contributed by atoms with Crippen LogP contribution in [-0.4, -0.2) is 19.9 Å². The monoisotopic (exact) mass is 285 g/mol. The largest absolute Gasteiger partial charge is 0.454 e. The van der Waals surface area contributed by atoms with Crippen molar-refractivity contribution in [3.8, 4) is 11.5 Å². The van der Waals surface area contributed by atoms with Gasteiger partial charge in [-0.3, -0.25) is 0 Å². The molecule has 5 atom stereocenters. The summed E-state index contributed by atoms with van der Waals surface area (Å²) in [5, 5.41) is 0. The first kappa shape index (κ1) is 12.2. The van der Waals surface area contributed by atoms with Crippen LogP contribution in [-0.2, 0) is 0 Å². The number of rotatable bonds is 2. The molecule has 4 aliphatic rings. The number of benzene rings is 1. The summed E-state index contributed by atoms with van der Waals surface area (Å²) < 4.78 is 11.0. The van der Waals surface area contributed by atoms with Gasteiger partial charge in [0.05, 0.1) is 0 Å². The van der Waals surface area contributed by atoms with E-state index in [9.17, 15) is 0 Å². The highest BCUT2D eigenvalue weighted by atomic mass is 16.7. The second-order valence-corrected chi connectivity index (χ2v) is 7.37. The van der Waals surface area contributed by atoms with Gasteiger partial charge in [-0.25, -0.2) is 0 Å². The molecule has 1 aliphatic heterocycles. The molecule has 1 aromatic rings. The van der Waals surface area contributed by atoms with Crippen LogP contribution in [0.4, 0.5) is 5.69 Å². The van der Waals surface area contributed by atoms with Crippen molar-refractivity contribution in [3.05, 3.63) is 18.2 Å². The second kappa shape index (κ2) is 4.31. The molecule has 0 N–H and O–H groups in total. The van der Waals surface area contributed by atoms with Crippen molar-refractivity contribution in [1.82, 2.24) is 0 Å². The van der Waals surface area contributed by atoms with Crippen LogP contribution in [0.3, 0.4) is 0 Å². The molecule has 3 aliphatic carbocycles. The van der Waals surface area contributed by atoms with E-state index in [0.717, 1.165) is 41.2 Å². The van der Waals surface area contributed by atoms with Gasteiger partial charge in [0.2, 0.25) is 6.79 Å². The molecule has 3 nitrogen and oxygen atoms in total. The van der Waals surface area contributed by atoms with Crippen LogP contribution in [0.25, 0.3) is 0 Å². The summed E-state index contributed by atoms with van der Waals surface area (Å²) in [5.41, 5.74) is 1.28. The molecule has 5 rings (SSSR count). The summed E-state index contributed by atoms with van der Waals surface area (Å²) in [4.78, 5) is 2.52. The lowest BCUT2D eigenvalue weighted by Gasteiger charge is -2.38. The van der Waals surface area contributed by atoms with Crippen LogP contribution in [0.5, 0.6) is 11.5 Å². The summed E-state index contributed by atoms with van der Waals surface area (Å²) >= 11 is 0. The maximum atomic E-state index is 5.53. The van der Waals surface area contributed by atoms with Gasteiger partial charge in [-0.05, 0) is 61.5 Å². The molecule has 21 heavy (non-hydrogen) atoms. The van der Waals surface area contributed by atoms with Crippen molar-refractivity contribution in [3.63, 3.8) is 0 Å². The van der Waals surface area contributed by atoms with Crippen molar-refractivity contribution in [1.29, 1.82) is 0 Å². The van der Waals surface area contributed by atoms with Gasteiger partial charge in [0.25, 0.3) is 0 Å². The lowest BCUT2D eigenvalue weighted by molar-refractivity contribution is 0.174. The van der Waals surface area contributed by atoms with Gasteiger partial charge in [-0.2, -0.15) is 0 Å². The van der Waals surface area contributed by atoms with Crippen LogP contribution in [0.1, 0.15) is 32.1 Å². The van der Waals surface area contributed by atoms with Crippen LogP contribution in [0.2, 0.25) is 0 Å². The minimum atomic E-state index is 0.361. The molecule has 2 bridgehead atoms. The first-order valence-electron chi connectivity index (χ1n) is 8.44. The molecule has 1 heterocycles. The summed E-state index contributed by atoms with van der Waals surface area (Å²) in [6, 6.07) is 7.13. The zero-order valence-corrected chi connectivity index (χ0v) is 12.6. The van der Waals surface area contributed by atoms with Crippen LogP contribution >= 0.6 is 0 Å². The standard InChI is InChI=1S/C18H23NO2/c1-19(12-5-6-17-18(9-12)21-10-20-17)16-8-11-7-15(16)14-4-2-3-13(11)14/h5-6,9,11,13-16H,2-4,7-8,10H2,1H3. The van der Waals surface area contributed by atoms with E-state index in [1.807, 2.05) is 0 Å². The molecular formula is C18H23NO2.